The number of carbonyl (C=O) groups excluding carboxylic acids is 2. The number of hydrogen-bond donors (Lipinski definition) is 2. The lowest BCUT2D eigenvalue weighted by molar-refractivity contribution is -0.137. The van der Waals surface area contributed by atoms with Crippen molar-refractivity contribution in [2.75, 3.05) is 27.2 Å². The standard InChI is InChI=1S/C11H21N3O4/c1-5-6-14(7-9(15)16)11(18)12-8(2)10(17)13(3)4/h8H,5-7H2,1-4H3,(H,12,18)(H,15,16). The molecule has 0 radical (unpaired) electrons. The number of carboxylic acid groups (broad SMARTS) is 1. The molecule has 0 aromatic rings. The molecule has 3 amide bonds. The van der Waals surface area contributed by atoms with E-state index in [4.69, 9.17) is 5.11 Å². The predicted molar refractivity (Wildman–Crippen MR) is 66.2 cm³/mol. The van der Waals surface area contributed by atoms with Gasteiger partial charge in [0.2, 0.25) is 5.91 Å². The van der Waals surface area contributed by atoms with Crippen LogP contribution in [0.4, 0.5) is 4.79 Å². The lowest BCUT2D eigenvalue weighted by atomic mass is 10.3. The van der Waals surface area contributed by atoms with Gasteiger partial charge in [-0.3, -0.25) is 9.59 Å². The van der Waals surface area contributed by atoms with E-state index in [1.165, 1.54) is 9.80 Å². The van der Waals surface area contributed by atoms with Gasteiger partial charge in [0.05, 0.1) is 0 Å². The molecule has 2 N–H and O–H groups in total. The van der Waals surface area contributed by atoms with Gasteiger partial charge in [-0.2, -0.15) is 0 Å². The van der Waals surface area contributed by atoms with Gasteiger partial charge in [-0.15, -0.1) is 0 Å². The molecule has 1 atom stereocenters. The van der Waals surface area contributed by atoms with E-state index in [1.54, 1.807) is 21.0 Å². The molecule has 0 aliphatic heterocycles. The average Bonchev–Trinajstić information content (AvgIpc) is 2.26. The first-order chi connectivity index (χ1) is 8.29. The molecule has 0 aliphatic rings. The number of carboxylic acids is 1. The SMILES string of the molecule is CCCN(CC(=O)O)C(=O)NC(C)C(=O)N(C)C. The van der Waals surface area contributed by atoms with Gasteiger partial charge in [-0.1, -0.05) is 6.92 Å². The smallest absolute Gasteiger partial charge is 0.323 e. The van der Waals surface area contributed by atoms with Crippen molar-refractivity contribution in [1.82, 2.24) is 15.1 Å². The number of carbonyl (C=O) groups is 3. The van der Waals surface area contributed by atoms with Gasteiger partial charge >= 0.3 is 12.0 Å². The van der Waals surface area contributed by atoms with Crippen molar-refractivity contribution in [2.45, 2.75) is 26.3 Å². The lowest BCUT2D eigenvalue weighted by Gasteiger charge is -2.24. The molecule has 0 spiro atoms. The molecule has 0 rings (SSSR count). The minimum Gasteiger partial charge on any atom is -0.480 e. The fourth-order valence-electron chi connectivity index (χ4n) is 1.41. The van der Waals surface area contributed by atoms with Crippen molar-refractivity contribution in [2.24, 2.45) is 0 Å². The molecule has 104 valence electrons. The van der Waals surface area contributed by atoms with E-state index in [0.717, 1.165) is 0 Å². The Hall–Kier alpha value is -1.79. The second-order valence-corrected chi connectivity index (χ2v) is 4.22. The third-order valence-electron chi connectivity index (χ3n) is 2.26. The van der Waals surface area contributed by atoms with Gasteiger partial charge in [0.1, 0.15) is 12.6 Å². The molecule has 0 saturated carbocycles. The third kappa shape index (κ3) is 5.51. The summed E-state index contributed by atoms with van der Waals surface area (Å²) in [6, 6.07) is -1.22. The Bertz CT molecular complexity index is 317. The lowest BCUT2D eigenvalue weighted by Crippen LogP contribution is -2.50. The molecule has 0 saturated heterocycles. The number of aliphatic carboxylic acids is 1. The highest BCUT2D eigenvalue weighted by Crippen LogP contribution is 1.96. The first-order valence-electron chi connectivity index (χ1n) is 5.78. The topological polar surface area (TPSA) is 90.0 Å². The Labute approximate surface area is 107 Å². The van der Waals surface area contributed by atoms with E-state index in [9.17, 15) is 14.4 Å². The van der Waals surface area contributed by atoms with Crippen LogP contribution in [0.2, 0.25) is 0 Å². The number of nitrogens with one attached hydrogen (secondary N) is 1. The molecular weight excluding hydrogens is 238 g/mol. The molecule has 0 aromatic carbocycles. The first-order valence-corrected chi connectivity index (χ1v) is 5.78. The summed E-state index contributed by atoms with van der Waals surface area (Å²) in [5.41, 5.74) is 0. The largest absolute Gasteiger partial charge is 0.480 e. The zero-order valence-corrected chi connectivity index (χ0v) is 11.3. The molecule has 0 heterocycles. The minimum absolute atomic E-state index is 0.241. The van der Waals surface area contributed by atoms with Gasteiger partial charge in [0, 0.05) is 20.6 Å². The maximum Gasteiger partial charge on any atom is 0.323 e. The highest BCUT2D eigenvalue weighted by Gasteiger charge is 2.21. The molecule has 0 fully saturated rings. The summed E-state index contributed by atoms with van der Waals surface area (Å²) >= 11 is 0. The van der Waals surface area contributed by atoms with Crippen LogP contribution in [0, 0.1) is 0 Å². The van der Waals surface area contributed by atoms with Gasteiger partial charge in [-0.25, -0.2) is 4.79 Å². The number of hydrogen-bond acceptors (Lipinski definition) is 3. The summed E-state index contributed by atoms with van der Waals surface area (Å²) in [5.74, 6) is -1.32. The van der Waals surface area contributed by atoms with E-state index in [0.29, 0.717) is 13.0 Å². The van der Waals surface area contributed by atoms with E-state index in [1.807, 2.05) is 6.92 Å². The van der Waals surface area contributed by atoms with Crippen molar-refractivity contribution in [3.8, 4) is 0 Å². The highest BCUT2D eigenvalue weighted by atomic mass is 16.4. The summed E-state index contributed by atoms with van der Waals surface area (Å²) in [4.78, 5) is 36.5. The van der Waals surface area contributed by atoms with Crippen LogP contribution in [0.15, 0.2) is 0 Å². The molecule has 0 aromatic heterocycles. The Morgan fingerprint density at radius 3 is 2.22 bits per heavy atom. The normalized spacial score (nSPS) is 11.6. The van der Waals surface area contributed by atoms with E-state index < -0.39 is 18.0 Å². The van der Waals surface area contributed by atoms with Crippen molar-refractivity contribution in [3.63, 3.8) is 0 Å². The van der Waals surface area contributed by atoms with Crippen LogP contribution in [0.1, 0.15) is 20.3 Å². The number of likely N-dealkylation sites (N-methyl/N-ethyl adjacent to an activating group) is 1. The minimum atomic E-state index is -1.08. The molecule has 0 bridgehead atoms. The molecular formula is C11H21N3O4. The second kappa shape index (κ2) is 7.52. The fraction of sp³-hybridized carbons (Fsp3) is 0.727. The molecule has 7 nitrogen and oxygen atoms in total. The summed E-state index contributed by atoms with van der Waals surface area (Å²) in [6.07, 6.45) is 0.650. The van der Waals surface area contributed by atoms with Crippen LogP contribution in [0.25, 0.3) is 0 Å². The predicted octanol–water partition coefficient (Wildman–Crippen LogP) is -0.0307. The Morgan fingerprint density at radius 2 is 1.83 bits per heavy atom. The van der Waals surface area contributed by atoms with E-state index in [-0.39, 0.29) is 12.5 Å². The van der Waals surface area contributed by atoms with E-state index >= 15 is 0 Å². The summed E-state index contributed by atoms with van der Waals surface area (Å²) in [7, 11) is 3.18. The zero-order chi connectivity index (χ0) is 14.3. The van der Waals surface area contributed by atoms with Crippen LogP contribution < -0.4 is 5.32 Å². The average molecular weight is 259 g/mol. The Kier molecular flexibility index (Phi) is 6.77. The van der Waals surface area contributed by atoms with Crippen LogP contribution in [0.5, 0.6) is 0 Å². The summed E-state index contributed by atoms with van der Waals surface area (Å²) < 4.78 is 0. The van der Waals surface area contributed by atoms with Crippen LogP contribution in [-0.4, -0.2) is 66.0 Å². The van der Waals surface area contributed by atoms with Crippen molar-refractivity contribution < 1.29 is 19.5 Å². The van der Waals surface area contributed by atoms with Crippen molar-refractivity contribution in [1.29, 1.82) is 0 Å². The summed E-state index contributed by atoms with van der Waals surface area (Å²) in [6.45, 7) is 3.37. The van der Waals surface area contributed by atoms with Gasteiger partial charge in [0.25, 0.3) is 0 Å². The molecule has 1 unspecified atom stereocenters. The van der Waals surface area contributed by atoms with Crippen LogP contribution in [-0.2, 0) is 9.59 Å². The van der Waals surface area contributed by atoms with Crippen LogP contribution in [0.3, 0.4) is 0 Å². The van der Waals surface area contributed by atoms with E-state index in [2.05, 4.69) is 5.32 Å². The number of nitrogens with zero attached hydrogens (tertiary/aromatic N) is 2. The molecule has 7 heteroatoms. The number of urea groups is 1. The zero-order valence-electron chi connectivity index (χ0n) is 11.3. The Morgan fingerprint density at radius 1 is 1.28 bits per heavy atom. The number of rotatable bonds is 6. The monoisotopic (exact) mass is 259 g/mol. The quantitative estimate of drug-likeness (QED) is 0.701. The van der Waals surface area contributed by atoms with Crippen molar-refractivity contribution >= 4 is 17.9 Å². The number of amides is 3. The van der Waals surface area contributed by atoms with Gasteiger partial charge in [-0.05, 0) is 13.3 Å². The highest BCUT2D eigenvalue weighted by molar-refractivity contribution is 5.87. The maximum absolute atomic E-state index is 11.8. The maximum atomic E-state index is 11.8. The van der Waals surface area contributed by atoms with Crippen molar-refractivity contribution in [3.05, 3.63) is 0 Å². The summed E-state index contributed by atoms with van der Waals surface area (Å²) in [5, 5.41) is 11.2. The first kappa shape index (κ1) is 16.2. The van der Waals surface area contributed by atoms with Gasteiger partial charge in [0.15, 0.2) is 0 Å². The van der Waals surface area contributed by atoms with Crippen LogP contribution >= 0.6 is 0 Å². The Balaban J connectivity index is 4.50. The second-order valence-electron chi connectivity index (χ2n) is 4.22. The molecule has 18 heavy (non-hydrogen) atoms. The third-order valence-corrected chi connectivity index (χ3v) is 2.26. The molecule has 0 aliphatic carbocycles. The van der Waals surface area contributed by atoms with Gasteiger partial charge < -0.3 is 20.2 Å². The fourth-order valence-corrected chi connectivity index (χ4v) is 1.41.